The molecule has 2 rings (SSSR count). The van der Waals surface area contributed by atoms with E-state index < -0.39 is 16.1 Å². The van der Waals surface area contributed by atoms with Crippen molar-refractivity contribution in [3.63, 3.8) is 0 Å². The molecule has 0 spiro atoms. The molecule has 1 aromatic rings. The molecule has 0 aliphatic heterocycles. The molecule has 1 saturated carbocycles. The second-order valence-electron chi connectivity index (χ2n) is 4.81. The molecule has 1 aromatic heterocycles. The highest BCUT2D eigenvalue weighted by Crippen LogP contribution is 2.32. The van der Waals surface area contributed by atoms with Gasteiger partial charge in [-0.3, -0.25) is 10.4 Å². The average molecular weight is 282 g/mol. The molecule has 1 aliphatic rings. The summed E-state index contributed by atoms with van der Waals surface area (Å²) in [7, 11) is -3.42. The number of hydrogen-bond acceptors (Lipinski definition) is 4. The Morgan fingerprint density at radius 2 is 2.11 bits per heavy atom. The van der Waals surface area contributed by atoms with Gasteiger partial charge in [-0.2, -0.15) is 0 Å². The highest BCUT2D eigenvalue weighted by Gasteiger charge is 2.35. The van der Waals surface area contributed by atoms with Crippen molar-refractivity contribution in [2.45, 2.75) is 25.3 Å². The molecule has 1 unspecified atom stereocenters. The van der Waals surface area contributed by atoms with E-state index in [0.29, 0.717) is 6.42 Å². The van der Waals surface area contributed by atoms with E-state index in [4.69, 9.17) is 11.1 Å². The van der Waals surface area contributed by atoms with Gasteiger partial charge in [0.05, 0.1) is 11.8 Å². The van der Waals surface area contributed by atoms with E-state index in [0.717, 1.165) is 18.4 Å². The van der Waals surface area contributed by atoms with E-state index in [-0.39, 0.29) is 17.5 Å². The summed E-state index contributed by atoms with van der Waals surface area (Å²) in [6.45, 7) is 0. The largest absolute Gasteiger partial charge is 0.386 e. The first-order chi connectivity index (χ1) is 8.98. The molecular formula is C12H18N4O2S. The fourth-order valence-corrected chi connectivity index (χ4v) is 3.23. The first-order valence-corrected chi connectivity index (χ1v) is 7.86. The molecule has 6 nitrogen and oxygen atoms in total. The lowest BCUT2D eigenvalue weighted by atomic mass is 10.2. The number of amidine groups is 1. The Balaban J connectivity index is 1.93. The second kappa shape index (κ2) is 5.66. The molecule has 0 amide bonds. The number of nitrogens with one attached hydrogen (secondary N) is 2. The third-order valence-electron chi connectivity index (χ3n) is 3.14. The van der Waals surface area contributed by atoms with Crippen LogP contribution in [0.2, 0.25) is 0 Å². The summed E-state index contributed by atoms with van der Waals surface area (Å²) in [5, 5.41) is 7.44. The lowest BCUT2D eigenvalue weighted by Gasteiger charge is -2.16. The molecule has 0 aromatic carbocycles. The number of nitrogens with two attached hydrogens (primary N) is 1. The van der Waals surface area contributed by atoms with Gasteiger partial charge in [-0.1, -0.05) is 0 Å². The van der Waals surface area contributed by atoms with Crippen LogP contribution in [0.5, 0.6) is 0 Å². The first kappa shape index (κ1) is 14.0. The number of nitrogens with zero attached hydrogens (tertiary/aromatic N) is 1. The van der Waals surface area contributed by atoms with Crippen LogP contribution in [0.15, 0.2) is 24.5 Å². The third-order valence-corrected chi connectivity index (χ3v) is 4.50. The minimum absolute atomic E-state index is 0.00644. The van der Waals surface area contributed by atoms with Crippen LogP contribution in [0, 0.1) is 11.3 Å². The predicted octanol–water partition coefficient (Wildman–Crippen LogP) is 0.258. The van der Waals surface area contributed by atoms with Crippen molar-refractivity contribution in [3.05, 3.63) is 30.1 Å². The number of pyridine rings is 1. The van der Waals surface area contributed by atoms with Gasteiger partial charge in [0, 0.05) is 12.4 Å². The fraction of sp³-hybridized carbons (Fsp3) is 0.500. The summed E-state index contributed by atoms with van der Waals surface area (Å²) in [6, 6.07) is 3.04. The van der Waals surface area contributed by atoms with Crippen molar-refractivity contribution in [1.29, 1.82) is 5.41 Å². The molecule has 7 heteroatoms. The fourth-order valence-electron chi connectivity index (χ4n) is 1.90. The number of aryl methyl sites for hydroxylation is 1. The minimum atomic E-state index is -3.42. The molecule has 4 N–H and O–H groups in total. The molecule has 104 valence electrons. The zero-order valence-corrected chi connectivity index (χ0v) is 11.4. The van der Waals surface area contributed by atoms with E-state index in [2.05, 4.69) is 9.71 Å². The third kappa shape index (κ3) is 4.29. The van der Waals surface area contributed by atoms with Crippen molar-refractivity contribution in [2.24, 2.45) is 11.7 Å². The molecule has 1 atom stereocenters. The Kier molecular flexibility index (Phi) is 4.16. The Labute approximate surface area is 113 Å². The topological polar surface area (TPSA) is 109 Å². The van der Waals surface area contributed by atoms with E-state index >= 15 is 0 Å². The Bertz CT molecular complexity index is 540. The summed E-state index contributed by atoms with van der Waals surface area (Å²) in [4.78, 5) is 3.88. The van der Waals surface area contributed by atoms with Crippen LogP contribution in [-0.2, 0) is 16.4 Å². The SMILES string of the molecule is N=C(N)C(NS(=O)(=O)CCc1ccncc1)C1CC1. The Morgan fingerprint density at radius 1 is 1.47 bits per heavy atom. The van der Waals surface area contributed by atoms with Crippen LogP contribution in [0.3, 0.4) is 0 Å². The molecule has 1 fully saturated rings. The van der Waals surface area contributed by atoms with Gasteiger partial charge in [0.2, 0.25) is 10.0 Å². The summed E-state index contributed by atoms with van der Waals surface area (Å²) in [5.41, 5.74) is 6.36. The maximum absolute atomic E-state index is 12.0. The van der Waals surface area contributed by atoms with E-state index in [1.54, 1.807) is 24.5 Å². The quantitative estimate of drug-likeness (QED) is 0.492. The van der Waals surface area contributed by atoms with Crippen molar-refractivity contribution >= 4 is 15.9 Å². The lowest BCUT2D eigenvalue weighted by molar-refractivity contribution is 0.562. The minimum Gasteiger partial charge on any atom is -0.386 e. The molecule has 0 radical (unpaired) electrons. The predicted molar refractivity (Wildman–Crippen MR) is 73.3 cm³/mol. The van der Waals surface area contributed by atoms with E-state index in [9.17, 15) is 8.42 Å². The number of sulfonamides is 1. The monoisotopic (exact) mass is 282 g/mol. The van der Waals surface area contributed by atoms with Gasteiger partial charge < -0.3 is 5.73 Å². The Morgan fingerprint density at radius 3 is 2.63 bits per heavy atom. The highest BCUT2D eigenvalue weighted by atomic mass is 32.2. The maximum Gasteiger partial charge on any atom is 0.212 e. The van der Waals surface area contributed by atoms with Gasteiger partial charge in [0.25, 0.3) is 0 Å². The van der Waals surface area contributed by atoms with Crippen LogP contribution < -0.4 is 10.5 Å². The highest BCUT2D eigenvalue weighted by molar-refractivity contribution is 7.89. The summed E-state index contributed by atoms with van der Waals surface area (Å²) in [6.07, 6.45) is 5.55. The van der Waals surface area contributed by atoms with Crippen molar-refractivity contribution < 1.29 is 8.42 Å². The van der Waals surface area contributed by atoms with Crippen LogP contribution in [0.1, 0.15) is 18.4 Å². The smallest absolute Gasteiger partial charge is 0.212 e. The normalized spacial score (nSPS) is 17.1. The average Bonchev–Trinajstić information content (AvgIpc) is 3.19. The van der Waals surface area contributed by atoms with E-state index in [1.807, 2.05) is 0 Å². The van der Waals surface area contributed by atoms with Gasteiger partial charge in [-0.15, -0.1) is 0 Å². The van der Waals surface area contributed by atoms with Crippen LogP contribution in [0.4, 0.5) is 0 Å². The zero-order chi connectivity index (χ0) is 13.9. The maximum atomic E-state index is 12.0. The van der Waals surface area contributed by atoms with Crippen LogP contribution in [-0.4, -0.2) is 31.0 Å². The zero-order valence-electron chi connectivity index (χ0n) is 10.5. The van der Waals surface area contributed by atoms with E-state index in [1.165, 1.54) is 0 Å². The van der Waals surface area contributed by atoms with Gasteiger partial charge in [0.1, 0.15) is 5.84 Å². The van der Waals surface area contributed by atoms with Gasteiger partial charge in [-0.05, 0) is 42.9 Å². The summed E-state index contributed by atoms with van der Waals surface area (Å²) in [5.74, 6) is 0.0798. The van der Waals surface area contributed by atoms with Crippen molar-refractivity contribution in [1.82, 2.24) is 9.71 Å². The van der Waals surface area contributed by atoms with Crippen LogP contribution in [0.25, 0.3) is 0 Å². The van der Waals surface area contributed by atoms with Gasteiger partial charge >= 0.3 is 0 Å². The Hall–Kier alpha value is -1.47. The van der Waals surface area contributed by atoms with Gasteiger partial charge in [-0.25, -0.2) is 13.1 Å². The number of rotatable bonds is 7. The standard InChI is InChI=1S/C12H18N4O2S/c13-12(14)11(10-1-2-10)16-19(17,18)8-5-9-3-6-15-7-4-9/h3-4,6-7,10-11,16H,1-2,5,8H2,(H3,13,14). The van der Waals surface area contributed by atoms with Crippen molar-refractivity contribution in [2.75, 3.05) is 5.75 Å². The molecule has 19 heavy (non-hydrogen) atoms. The number of aromatic nitrogens is 1. The van der Waals surface area contributed by atoms with Gasteiger partial charge in [0.15, 0.2) is 0 Å². The number of hydrogen-bond donors (Lipinski definition) is 3. The first-order valence-electron chi connectivity index (χ1n) is 6.21. The summed E-state index contributed by atoms with van der Waals surface area (Å²) < 4.78 is 26.5. The summed E-state index contributed by atoms with van der Waals surface area (Å²) >= 11 is 0. The molecule has 0 saturated heterocycles. The molecule has 1 heterocycles. The second-order valence-corrected chi connectivity index (χ2v) is 6.69. The van der Waals surface area contributed by atoms with Crippen molar-refractivity contribution in [3.8, 4) is 0 Å². The molecule has 0 bridgehead atoms. The molecule has 1 aliphatic carbocycles. The molecular weight excluding hydrogens is 264 g/mol. The van der Waals surface area contributed by atoms with Crippen LogP contribution >= 0.6 is 0 Å². The lowest BCUT2D eigenvalue weighted by Crippen LogP contribution is -2.46.